The lowest BCUT2D eigenvalue weighted by atomic mass is 10.1. The molecule has 0 aliphatic carbocycles. The van der Waals surface area contributed by atoms with Gasteiger partial charge in [0.05, 0.1) is 18.4 Å². The number of likely N-dealkylation sites (tertiary alicyclic amines) is 1. The van der Waals surface area contributed by atoms with Gasteiger partial charge >= 0.3 is 0 Å². The summed E-state index contributed by atoms with van der Waals surface area (Å²) in [5, 5.41) is 0.743. The Morgan fingerprint density at radius 1 is 1.14 bits per heavy atom. The van der Waals surface area contributed by atoms with Crippen LogP contribution >= 0.6 is 11.3 Å². The maximum Gasteiger partial charge on any atom is 0.265 e. The Labute approximate surface area is 174 Å². The maximum absolute atomic E-state index is 13.2. The molecule has 4 nitrogen and oxygen atoms in total. The predicted molar refractivity (Wildman–Crippen MR) is 112 cm³/mol. The van der Waals surface area contributed by atoms with Gasteiger partial charge in [-0.3, -0.25) is 4.79 Å². The fourth-order valence-corrected chi connectivity index (χ4v) is 4.51. The van der Waals surface area contributed by atoms with Gasteiger partial charge in [0.25, 0.3) is 5.91 Å². The first-order valence-corrected chi connectivity index (χ1v) is 10.6. The second-order valence-corrected chi connectivity index (χ2v) is 8.23. The van der Waals surface area contributed by atoms with Gasteiger partial charge in [0.2, 0.25) is 0 Å². The minimum atomic E-state index is -0.282. The molecule has 29 heavy (non-hydrogen) atoms. The number of amides is 1. The van der Waals surface area contributed by atoms with Crippen molar-refractivity contribution in [3.63, 3.8) is 0 Å². The number of hydrogen-bond donors (Lipinski definition) is 0. The molecule has 0 bridgehead atoms. The second kappa shape index (κ2) is 8.84. The fourth-order valence-electron chi connectivity index (χ4n) is 3.47. The van der Waals surface area contributed by atoms with Gasteiger partial charge in [-0.2, -0.15) is 0 Å². The Morgan fingerprint density at radius 2 is 1.83 bits per heavy atom. The highest BCUT2D eigenvalue weighted by molar-refractivity contribution is 7.17. The third kappa shape index (κ3) is 4.71. The average Bonchev–Trinajstić information content (AvgIpc) is 3.15. The van der Waals surface area contributed by atoms with Gasteiger partial charge in [-0.05, 0) is 49.6 Å². The third-order valence-electron chi connectivity index (χ3n) is 5.14. The van der Waals surface area contributed by atoms with Crippen LogP contribution in [0.3, 0.4) is 0 Å². The Kier molecular flexibility index (Phi) is 6.02. The maximum atomic E-state index is 13.2. The van der Waals surface area contributed by atoms with E-state index in [0.29, 0.717) is 24.6 Å². The van der Waals surface area contributed by atoms with Crippen molar-refractivity contribution >= 4 is 17.2 Å². The molecule has 1 aliphatic rings. The Morgan fingerprint density at radius 3 is 2.52 bits per heavy atom. The number of halogens is 1. The summed E-state index contributed by atoms with van der Waals surface area (Å²) in [5.41, 5.74) is 2.72. The fraction of sp³-hybridized carbons (Fsp3) is 0.304. The molecule has 0 radical (unpaired) electrons. The highest BCUT2D eigenvalue weighted by atomic mass is 32.1. The molecule has 1 aromatic heterocycles. The van der Waals surface area contributed by atoms with Crippen molar-refractivity contribution in [2.24, 2.45) is 0 Å². The van der Waals surface area contributed by atoms with Crippen LogP contribution in [0, 0.1) is 12.7 Å². The van der Waals surface area contributed by atoms with Crippen LogP contribution in [0.4, 0.5) is 4.39 Å². The van der Waals surface area contributed by atoms with Crippen LogP contribution in [0.1, 0.15) is 33.8 Å². The van der Waals surface area contributed by atoms with Crippen molar-refractivity contribution in [3.05, 3.63) is 76.5 Å². The first kappa shape index (κ1) is 19.7. The number of rotatable bonds is 5. The van der Waals surface area contributed by atoms with Crippen molar-refractivity contribution in [2.75, 3.05) is 13.1 Å². The molecule has 4 rings (SSSR count). The molecule has 1 aliphatic heterocycles. The van der Waals surface area contributed by atoms with Gasteiger partial charge in [-0.25, -0.2) is 9.37 Å². The standard InChI is InChI=1S/C23H23FN2O2S/c1-16-21(29-22(25-16)18-7-9-19(24)10-8-18)23(27)26-13-11-20(12-14-26)28-15-17-5-3-2-4-6-17/h2-10,20H,11-15H2,1H3. The van der Waals surface area contributed by atoms with Gasteiger partial charge in [-0.15, -0.1) is 11.3 Å². The van der Waals surface area contributed by atoms with Gasteiger partial charge < -0.3 is 9.64 Å². The summed E-state index contributed by atoms with van der Waals surface area (Å²) < 4.78 is 19.2. The zero-order valence-corrected chi connectivity index (χ0v) is 17.1. The minimum Gasteiger partial charge on any atom is -0.373 e. The van der Waals surface area contributed by atoms with Gasteiger partial charge in [-0.1, -0.05) is 30.3 Å². The molecule has 0 N–H and O–H groups in total. The SMILES string of the molecule is Cc1nc(-c2ccc(F)cc2)sc1C(=O)N1CCC(OCc2ccccc2)CC1. The normalized spacial score (nSPS) is 14.9. The van der Waals surface area contributed by atoms with Crippen molar-refractivity contribution in [3.8, 4) is 10.6 Å². The number of thiazole rings is 1. The van der Waals surface area contributed by atoms with E-state index >= 15 is 0 Å². The lowest BCUT2D eigenvalue weighted by Gasteiger charge is -2.31. The van der Waals surface area contributed by atoms with Crippen LogP contribution in [0.15, 0.2) is 54.6 Å². The van der Waals surface area contributed by atoms with E-state index in [4.69, 9.17) is 4.74 Å². The van der Waals surface area contributed by atoms with Crippen molar-refractivity contribution in [2.45, 2.75) is 32.5 Å². The molecule has 0 unspecified atom stereocenters. The summed E-state index contributed by atoms with van der Waals surface area (Å²) in [5.74, 6) is -0.259. The van der Waals surface area contributed by atoms with Gasteiger partial charge in [0.15, 0.2) is 0 Å². The number of hydrogen-bond acceptors (Lipinski definition) is 4. The summed E-state index contributed by atoms with van der Waals surface area (Å²) in [6.45, 7) is 3.82. The number of carbonyl (C=O) groups excluding carboxylic acids is 1. The predicted octanol–water partition coefficient (Wildman–Crippen LogP) is 5.08. The first-order chi connectivity index (χ1) is 14.1. The zero-order chi connectivity index (χ0) is 20.2. The van der Waals surface area contributed by atoms with Crippen LogP contribution in [0.25, 0.3) is 10.6 Å². The molecule has 0 spiro atoms. The highest BCUT2D eigenvalue weighted by Crippen LogP contribution is 2.30. The summed E-state index contributed by atoms with van der Waals surface area (Å²) in [7, 11) is 0. The molecule has 150 valence electrons. The van der Waals surface area contributed by atoms with E-state index in [-0.39, 0.29) is 17.8 Å². The zero-order valence-electron chi connectivity index (χ0n) is 16.3. The van der Waals surface area contributed by atoms with E-state index in [2.05, 4.69) is 17.1 Å². The summed E-state index contributed by atoms with van der Waals surface area (Å²) in [6.07, 6.45) is 1.85. The Balaban J connectivity index is 1.35. The van der Waals surface area contributed by atoms with E-state index < -0.39 is 0 Å². The van der Waals surface area contributed by atoms with Crippen LogP contribution < -0.4 is 0 Å². The number of ether oxygens (including phenoxy) is 1. The van der Waals surface area contributed by atoms with Crippen LogP contribution in [0.5, 0.6) is 0 Å². The lowest BCUT2D eigenvalue weighted by molar-refractivity contribution is -0.000288. The van der Waals surface area contributed by atoms with Gasteiger partial charge in [0.1, 0.15) is 15.7 Å². The van der Waals surface area contributed by atoms with Crippen LogP contribution in [-0.2, 0) is 11.3 Å². The summed E-state index contributed by atoms with van der Waals surface area (Å²) >= 11 is 1.37. The van der Waals surface area contributed by atoms with Crippen LogP contribution in [0.2, 0.25) is 0 Å². The largest absolute Gasteiger partial charge is 0.373 e. The Bertz CT molecular complexity index is 964. The summed E-state index contributed by atoms with van der Waals surface area (Å²) in [4.78, 5) is 20.1. The highest BCUT2D eigenvalue weighted by Gasteiger charge is 2.27. The average molecular weight is 411 g/mol. The number of piperidine rings is 1. The van der Waals surface area contributed by atoms with E-state index in [1.807, 2.05) is 30.0 Å². The topological polar surface area (TPSA) is 42.4 Å². The number of aryl methyl sites for hydroxylation is 1. The quantitative estimate of drug-likeness (QED) is 0.589. The number of benzene rings is 2. The molecule has 2 heterocycles. The van der Waals surface area contributed by atoms with E-state index in [1.165, 1.54) is 29.0 Å². The molecule has 1 fully saturated rings. The molecule has 2 aromatic carbocycles. The molecule has 0 saturated carbocycles. The monoisotopic (exact) mass is 410 g/mol. The summed E-state index contributed by atoms with van der Waals surface area (Å²) in [6, 6.07) is 16.3. The van der Waals surface area contributed by atoms with E-state index in [1.54, 1.807) is 12.1 Å². The number of nitrogens with zero attached hydrogens (tertiary/aromatic N) is 2. The van der Waals surface area contributed by atoms with Gasteiger partial charge in [0, 0.05) is 18.7 Å². The van der Waals surface area contributed by atoms with E-state index in [9.17, 15) is 9.18 Å². The molecule has 3 aromatic rings. The number of carbonyl (C=O) groups is 1. The molecular weight excluding hydrogens is 387 g/mol. The molecule has 6 heteroatoms. The molecule has 1 amide bonds. The third-order valence-corrected chi connectivity index (χ3v) is 6.33. The van der Waals surface area contributed by atoms with Crippen molar-refractivity contribution < 1.29 is 13.9 Å². The first-order valence-electron chi connectivity index (χ1n) is 9.78. The molecule has 1 saturated heterocycles. The second-order valence-electron chi connectivity index (χ2n) is 7.23. The Hall–Kier alpha value is -2.57. The van der Waals surface area contributed by atoms with Crippen molar-refractivity contribution in [1.82, 2.24) is 9.88 Å². The lowest BCUT2D eigenvalue weighted by Crippen LogP contribution is -2.40. The minimum absolute atomic E-state index is 0.0230. The smallest absolute Gasteiger partial charge is 0.265 e. The number of aromatic nitrogens is 1. The molecular formula is C23H23FN2O2S. The van der Waals surface area contributed by atoms with Crippen LogP contribution in [-0.4, -0.2) is 35.0 Å². The van der Waals surface area contributed by atoms with E-state index in [0.717, 1.165) is 29.1 Å². The molecule has 0 atom stereocenters. The van der Waals surface area contributed by atoms with Crippen molar-refractivity contribution in [1.29, 1.82) is 0 Å².